The van der Waals surface area contributed by atoms with Crippen molar-refractivity contribution < 1.29 is 13.6 Å². The van der Waals surface area contributed by atoms with E-state index < -0.39 is 17.7 Å². The Morgan fingerprint density at radius 1 is 1.79 bits per heavy atom. The number of aromatic nitrogens is 3. The van der Waals surface area contributed by atoms with Gasteiger partial charge in [-0.25, -0.2) is 13.8 Å². The topological polar surface area (TPSA) is 73.8 Å². The minimum atomic E-state index is -2.58. The molecule has 1 unspecified atom stereocenters. The Balaban J connectivity index is 2.01. The molecule has 0 spiro atoms. The molecule has 5 nitrogen and oxygen atoms in total. The predicted molar refractivity (Wildman–Crippen MR) is 41.6 cm³/mol. The number of nitrogens with zero attached hydrogens (tertiary/aromatic N) is 3. The Morgan fingerprint density at radius 3 is 2.86 bits per heavy atom. The van der Waals surface area contributed by atoms with Crippen LogP contribution in [0.1, 0.15) is 17.0 Å². The normalized spacial score (nSPS) is 23.4. The predicted octanol–water partition coefficient (Wildman–Crippen LogP) is 0.0322. The Bertz CT molecular complexity index is 376. The summed E-state index contributed by atoms with van der Waals surface area (Å²) in [6.07, 6.45) is 1.10. The number of rotatable bonds is 3. The lowest BCUT2D eigenvalue weighted by Gasteiger charge is -1.97. The average Bonchev–Trinajstić information content (AvgIpc) is 2.51. The van der Waals surface area contributed by atoms with Crippen LogP contribution in [0.25, 0.3) is 0 Å². The van der Waals surface area contributed by atoms with E-state index in [0.717, 1.165) is 0 Å². The lowest BCUT2D eigenvalue weighted by Crippen LogP contribution is -2.14. The van der Waals surface area contributed by atoms with E-state index in [0.29, 0.717) is 0 Å². The second kappa shape index (κ2) is 2.73. The number of carbonyl (C=O) groups excluding carboxylic acids is 1. The van der Waals surface area contributed by atoms with Gasteiger partial charge < -0.3 is 5.73 Å². The molecule has 0 radical (unpaired) electrons. The van der Waals surface area contributed by atoms with Crippen molar-refractivity contribution in [3.63, 3.8) is 0 Å². The molecule has 1 heterocycles. The fourth-order valence-corrected chi connectivity index (χ4v) is 1.19. The molecular weight excluding hydrogens is 194 g/mol. The zero-order chi connectivity index (χ0) is 10.3. The lowest BCUT2D eigenvalue weighted by molar-refractivity contribution is 0.0941. The number of hydrogen-bond acceptors (Lipinski definition) is 3. The van der Waals surface area contributed by atoms with E-state index in [4.69, 9.17) is 5.73 Å². The summed E-state index contributed by atoms with van der Waals surface area (Å²) < 4.78 is 26.2. The fourth-order valence-electron chi connectivity index (χ4n) is 1.19. The summed E-state index contributed by atoms with van der Waals surface area (Å²) in [5, 5.41) is 3.65. The third kappa shape index (κ3) is 1.57. The van der Waals surface area contributed by atoms with Crippen LogP contribution < -0.4 is 5.73 Å². The van der Waals surface area contributed by atoms with Crippen LogP contribution in [0.3, 0.4) is 0 Å². The van der Waals surface area contributed by atoms with Gasteiger partial charge in [-0.2, -0.15) is 0 Å². The molecule has 0 bridgehead atoms. The second-order valence-corrected chi connectivity index (χ2v) is 3.32. The van der Waals surface area contributed by atoms with Crippen LogP contribution >= 0.6 is 0 Å². The maximum atomic E-state index is 12.5. The van der Waals surface area contributed by atoms with E-state index in [2.05, 4.69) is 10.1 Å². The quantitative estimate of drug-likeness (QED) is 0.751. The van der Waals surface area contributed by atoms with Gasteiger partial charge in [0.05, 0.1) is 6.54 Å². The molecular formula is C7H8F2N4O. The molecule has 1 aliphatic rings. The fraction of sp³-hybridized carbons (Fsp3) is 0.571. The van der Waals surface area contributed by atoms with E-state index in [9.17, 15) is 13.6 Å². The Morgan fingerprint density at radius 2 is 2.43 bits per heavy atom. The molecule has 1 aromatic heterocycles. The molecule has 1 fully saturated rings. The molecule has 76 valence electrons. The van der Waals surface area contributed by atoms with Gasteiger partial charge in [0.2, 0.25) is 5.82 Å². The Kier molecular flexibility index (Phi) is 1.76. The van der Waals surface area contributed by atoms with Crippen molar-refractivity contribution in [2.75, 3.05) is 0 Å². The van der Waals surface area contributed by atoms with Crippen LogP contribution in [0.5, 0.6) is 0 Å². The van der Waals surface area contributed by atoms with E-state index in [1.807, 2.05) is 0 Å². The molecule has 1 aliphatic carbocycles. The van der Waals surface area contributed by atoms with Crippen molar-refractivity contribution in [1.29, 1.82) is 0 Å². The lowest BCUT2D eigenvalue weighted by atomic mass is 10.4. The molecule has 1 saturated carbocycles. The van der Waals surface area contributed by atoms with Crippen LogP contribution in [-0.4, -0.2) is 26.6 Å². The molecule has 1 aromatic rings. The molecule has 14 heavy (non-hydrogen) atoms. The minimum absolute atomic E-state index is 0.0767. The summed E-state index contributed by atoms with van der Waals surface area (Å²) >= 11 is 0. The second-order valence-electron chi connectivity index (χ2n) is 3.32. The highest BCUT2D eigenvalue weighted by Gasteiger charge is 2.56. The average molecular weight is 202 g/mol. The summed E-state index contributed by atoms with van der Waals surface area (Å²) in [4.78, 5) is 14.2. The molecule has 1 atom stereocenters. The van der Waals surface area contributed by atoms with Gasteiger partial charge in [0.25, 0.3) is 11.8 Å². The van der Waals surface area contributed by atoms with E-state index in [1.54, 1.807) is 0 Å². The zero-order valence-corrected chi connectivity index (χ0v) is 7.15. The van der Waals surface area contributed by atoms with Crippen molar-refractivity contribution in [3.05, 3.63) is 12.2 Å². The Hall–Kier alpha value is -1.53. The molecule has 2 N–H and O–H groups in total. The van der Waals surface area contributed by atoms with E-state index in [-0.39, 0.29) is 18.8 Å². The molecule has 0 aromatic carbocycles. The molecule has 7 heteroatoms. The Labute approximate surface area is 77.9 Å². The van der Waals surface area contributed by atoms with Crippen molar-refractivity contribution in [2.24, 2.45) is 11.7 Å². The smallest absolute Gasteiger partial charge is 0.288 e. The number of amides is 1. The first kappa shape index (κ1) is 9.04. The van der Waals surface area contributed by atoms with Crippen molar-refractivity contribution in [3.8, 4) is 0 Å². The first-order chi connectivity index (χ1) is 6.49. The van der Waals surface area contributed by atoms with E-state index in [1.165, 1.54) is 11.0 Å². The first-order valence-electron chi connectivity index (χ1n) is 4.06. The molecule has 2 rings (SSSR count). The maximum Gasteiger partial charge on any atom is 0.288 e. The SMILES string of the molecule is NC(=O)c1ncn(CC2CC2(F)F)n1. The number of carbonyl (C=O) groups is 1. The van der Waals surface area contributed by atoms with E-state index >= 15 is 0 Å². The highest BCUT2D eigenvalue weighted by Crippen LogP contribution is 2.49. The number of primary amides is 1. The monoisotopic (exact) mass is 202 g/mol. The highest BCUT2D eigenvalue weighted by atomic mass is 19.3. The van der Waals surface area contributed by atoms with Gasteiger partial charge in [0.15, 0.2) is 0 Å². The first-order valence-corrected chi connectivity index (χ1v) is 4.06. The van der Waals surface area contributed by atoms with Gasteiger partial charge in [-0.3, -0.25) is 9.48 Å². The molecule has 0 aliphatic heterocycles. The van der Waals surface area contributed by atoms with Crippen LogP contribution in [0.2, 0.25) is 0 Å². The summed E-state index contributed by atoms with van der Waals surface area (Å²) in [5.41, 5.74) is 4.90. The van der Waals surface area contributed by atoms with Crippen molar-refractivity contribution in [1.82, 2.24) is 14.8 Å². The zero-order valence-electron chi connectivity index (χ0n) is 7.15. The minimum Gasteiger partial charge on any atom is -0.363 e. The third-order valence-electron chi connectivity index (χ3n) is 2.12. The van der Waals surface area contributed by atoms with Crippen LogP contribution in [-0.2, 0) is 6.54 Å². The maximum absolute atomic E-state index is 12.5. The summed E-state index contributed by atoms with van der Waals surface area (Å²) in [6.45, 7) is 0.0767. The van der Waals surface area contributed by atoms with Gasteiger partial charge in [0.1, 0.15) is 6.33 Å². The number of nitrogens with two attached hydrogens (primary N) is 1. The largest absolute Gasteiger partial charge is 0.363 e. The molecule has 1 amide bonds. The van der Waals surface area contributed by atoms with Crippen LogP contribution in [0, 0.1) is 5.92 Å². The van der Waals surface area contributed by atoms with Crippen LogP contribution in [0.15, 0.2) is 6.33 Å². The summed E-state index contributed by atoms with van der Waals surface area (Å²) in [6, 6.07) is 0. The number of hydrogen-bond donors (Lipinski definition) is 1. The van der Waals surface area contributed by atoms with Crippen molar-refractivity contribution in [2.45, 2.75) is 18.9 Å². The van der Waals surface area contributed by atoms with Gasteiger partial charge in [-0.1, -0.05) is 0 Å². The summed E-state index contributed by atoms with van der Waals surface area (Å²) in [5.74, 6) is -4.18. The highest BCUT2D eigenvalue weighted by molar-refractivity contribution is 5.88. The van der Waals surface area contributed by atoms with Gasteiger partial charge in [-0.05, 0) is 0 Å². The van der Waals surface area contributed by atoms with Gasteiger partial charge in [-0.15, -0.1) is 5.10 Å². The summed E-state index contributed by atoms with van der Waals surface area (Å²) in [7, 11) is 0. The number of alkyl halides is 2. The van der Waals surface area contributed by atoms with Gasteiger partial charge in [0, 0.05) is 12.3 Å². The standard InChI is InChI=1S/C7H8F2N4O/c8-7(9)1-4(7)2-13-3-11-6(12-13)5(10)14/h3-4H,1-2H2,(H2,10,14). The molecule has 0 saturated heterocycles. The van der Waals surface area contributed by atoms with Crippen molar-refractivity contribution >= 4 is 5.91 Å². The number of halogens is 2. The third-order valence-corrected chi connectivity index (χ3v) is 2.12. The van der Waals surface area contributed by atoms with Gasteiger partial charge >= 0.3 is 0 Å². The van der Waals surface area contributed by atoms with Crippen LogP contribution in [0.4, 0.5) is 8.78 Å².